The Bertz CT molecular complexity index is 268. The zero-order chi connectivity index (χ0) is 14.2. The van der Waals surface area contributed by atoms with Gasteiger partial charge in [0.2, 0.25) is 6.23 Å². The first-order valence-corrected chi connectivity index (χ1v) is 7.85. The minimum atomic E-state index is -3.94. The number of nitrogens with zero attached hydrogens (tertiary/aromatic N) is 1. The van der Waals surface area contributed by atoms with E-state index in [9.17, 15) is 9.46 Å². The Balaban J connectivity index is 3.84. The average Bonchev–Trinajstić information content (AvgIpc) is 2.21. The molecule has 0 aliphatic heterocycles. The number of rotatable bonds is 10. The zero-order valence-corrected chi connectivity index (χ0v) is 12.9. The lowest BCUT2D eigenvalue weighted by Crippen LogP contribution is -2.44. The fourth-order valence-electron chi connectivity index (χ4n) is 1.14. The second kappa shape index (κ2) is 8.25. The number of unbranched alkanes of at least 4 members (excludes halogenated alkanes) is 3. The van der Waals surface area contributed by atoms with Gasteiger partial charge in [-0.25, -0.2) is 9.09 Å². The van der Waals surface area contributed by atoms with E-state index >= 15 is 0 Å². The first-order valence-electron chi connectivity index (χ1n) is 6.36. The second-order valence-corrected chi connectivity index (χ2v) is 6.73. The Labute approximate surface area is 110 Å². The summed E-state index contributed by atoms with van der Waals surface area (Å²) in [5.41, 5.74) is 5.37. The number of hydrogen-bond donors (Lipinski definition) is 2. The van der Waals surface area contributed by atoms with Gasteiger partial charge in [0.25, 0.3) is 0 Å². The fraction of sp³-hybridized carbons (Fsp3) is 1.00. The highest BCUT2D eigenvalue weighted by Crippen LogP contribution is 2.45. The van der Waals surface area contributed by atoms with Gasteiger partial charge in [-0.1, -0.05) is 12.8 Å². The van der Waals surface area contributed by atoms with Crippen LogP contribution in [-0.2, 0) is 13.6 Å². The fourth-order valence-corrected chi connectivity index (χ4v) is 2.23. The molecule has 0 fully saturated rings. The van der Waals surface area contributed by atoms with Crippen LogP contribution in [0.4, 0.5) is 0 Å². The topological polar surface area (TPSA) is 81.8 Å². The number of nitrogens with two attached hydrogens (primary N) is 1. The number of phosphoric acid groups is 1. The molecule has 2 atom stereocenters. The van der Waals surface area contributed by atoms with E-state index in [-0.39, 0.29) is 6.61 Å². The van der Waals surface area contributed by atoms with Crippen molar-refractivity contribution in [3.05, 3.63) is 0 Å². The molecule has 110 valence electrons. The summed E-state index contributed by atoms with van der Waals surface area (Å²) in [4.78, 5) is 9.53. The van der Waals surface area contributed by atoms with Gasteiger partial charge in [-0.3, -0.25) is 4.52 Å². The third kappa shape index (κ3) is 9.03. The van der Waals surface area contributed by atoms with E-state index in [2.05, 4.69) is 0 Å². The maximum absolute atomic E-state index is 11.6. The highest BCUT2D eigenvalue weighted by atomic mass is 31.2. The maximum Gasteiger partial charge on any atom is 0.476 e. The molecule has 0 heterocycles. The Hall–Kier alpha value is 0.0300. The molecule has 0 aromatic rings. The molecule has 0 aromatic heterocycles. The highest BCUT2D eigenvalue weighted by Gasteiger charge is 2.30. The van der Waals surface area contributed by atoms with Crippen molar-refractivity contribution in [3.63, 3.8) is 0 Å². The monoisotopic (exact) mass is 283 g/mol. The summed E-state index contributed by atoms with van der Waals surface area (Å²) in [5.74, 6) is 0. The van der Waals surface area contributed by atoms with Crippen LogP contribution in [0.15, 0.2) is 0 Å². The quantitative estimate of drug-likeness (QED) is 0.276. The van der Waals surface area contributed by atoms with E-state index in [0.717, 1.165) is 25.7 Å². The van der Waals surface area contributed by atoms with Crippen molar-refractivity contribution in [2.24, 2.45) is 5.73 Å². The highest BCUT2D eigenvalue weighted by molar-refractivity contribution is 7.47. The molecule has 0 amide bonds. The first kappa shape index (κ1) is 18.0. The van der Waals surface area contributed by atoms with E-state index in [1.54, 1.807) is 6.92 Å². The zero-order valence-electron chi connectivity index (χ0n) is 12.0. The summed E-state index contributed by atoms with van der Waals surface area (Å²) in [7, 11) is 1.72. The molecule has 3 N–H and O–H groups in total. The third-order valence-electron chi connectivity index (χ3n) is 2.73. The molecule has 0 saturated carbocycles. The number of hydrogen-bond acceptors (Lipinski definition) is 4. The summed E-state index contributed by atoms with van der Waals surface area (Å²) < 4.78 is 22.1. The molecule has 0 radical (unpaired) electrons. The minimum Gasteiger partial charge on any atom is -0.330 e. The second-order valence-electron chi connectivity index (χ2n) is 5.33. The molecule has 7 heteroatoms. The van der Waals surface area contributed by atoms with Crippen LogP contribution in [0.25, 0.3) is 0 Å². The smallest absolute Gasteiger partial charge is 0.330 e. The molecule has 2 unspecified atom stereocenters. The molecular weight excluding hydrogens is 255 g/mol. The number of phosphoric ester groups is 1. The molecule has 0 spiro atoms. The summed E-state index contributed by atoms with van der Waals surface area (Å²) in [6, 6.07) is 0. The van der Waals surface area contributed by atoms with Crippen LogP contribution < -0.4 is 5.73 Å². The van der Waals surface area contributed by atoms with Crippen LogP contribution in [0.1, 0.15) is 32.6 Å². The molecule has 0 rings (SSSR count). The summed E-state index contributed by atoms with van der Waals surface area (Å²) in [6.07, 6.45) is 3.28. The van der Waals surface area contributed by atoms with Gasteiger partial charge < -0.3 is 15.1 Å². The van der Waals surface area contributed by atoms with Crippen molar-refractivity contribution in [2.45, 2.75) is 38.8 Å². The Morgan fingerprint density at radius 3 is 2.28 bits per heavy atom. The third-order valence-corrected chi connectivity index (χ3v) is 3.81. The summed E-state index contributed by atoms with van der Waals surface area (Å²) >= 11 is 0. The van der Waals surface area contributed by atoms with Crippen molar-refractivity contribution < 1.29 is 23.0 Å². The number of quaternary nitrogens is 1. The molecule has 0 aliphatic carbocycles. The van der Waals surface area contributed by atoms with Gasteiger partial charge in [0.15, 0.2) is 0 Å². The lowest BCUT2D eigenvalue weighted by Gasteiger charge is -2.31. The van der Waals surface area contributed by atoms with E-state index in [0.29, 0.717) is 11.0 Å². The molecule has 0 aromatic carbocycles. The van der Waals surface area contributed by atoms with Crippen LogP contribution in [0.5, 0.6) is 0 Å². The van der Waals surface area contributed by atoms with Crippen LogP contribution in [0.3, 0.4) is 0 Å². The lowest BCUT2D eigenvalue weighted by atomic mass is 10.2. The minimum absolute atomic E-state index is 0.238. The van der Waals surface area contributed by atoms with Gasteiger partial charge in [0.05, 0.1) is 27.7 Å². The van der Waals surface area contributed by atoms with Gasteiger partial charge in [0, 0.05) is 6.92 Å². The van der Waals surface area contributed by atoms with Gasteiger partial charge in [-0.2, -0.15) is 0 Å². The molecule has 0 saturated heterocycles. The molecule has 0 bridgehead atoms. The van der Waals surface area contributed by atoms with Crippen LogP contribution >= 0.6 is 7.82 Å². The van der Waals surface area contributed by atoms with Crippen molar-refractivity contribution >= 4 is 7.82 Å². The molecular formula is C11H28N2O4P+. The van der Waals surface area contributed by atoms with E-state index in [1.807, 2.05) is 21.1 Å². The van der Waals surface area contributed by atoms with Gasteiger partial charge in [-0.05, 0) is 19.4 Å². The predicted octanol–water partition coefficient (Wildman–Crippen LogP) is 1.69. The van der Waals surface area contributed by atoms with Crippen molar-refractivity contribution in [1.29, 1.82) is 0 Å². The lowest BCUT2D eigenvalue weighted by molar-refractivity contribution is -0.913. The van der Waals surface area contributed by atoms with Crippen LogP contribution in [-0.4, -0.2) is 49.9 Å². The van der Waals surface area contributed by atoms with Gasteiger partial charge in [0.1, 0.15) is 0 Å². The van der Waals surface area contributed by atoms with E-state index < -0.39 is 14.1 Å². The Morgan fingerprint density at radius 2 is 1.78 bits per heavy atom. The Kier molecular flexibility index (Phi) is 8.26. The van der Waals surface area contributed by atoms with Crippen molar-refractivity contribution in [2.75, 3.05) is 34.3 Å². The predicted molar refractivity (Wildman–Crippen MR) is 71.9 cm³/mol. The standard InChI is InChI=1S/C11H27N2O4P/c1-11(13(2,3)4)17-18(14,15)16-10-8-6-5-7-9-12/h11H,5-10,12H2,1-4H3/p+1. The Morgan fingerprint density at radius 1 is 1.22 bits per heavy atom. The van der Waals surface area contributed by atoms with E-state index in [1.165, 1.54) is 0 Å². The van der Waals surface area contributed by atoms with E-state index in [4.69, 9.17) is 14.8 Å². The summed E-state index contributed by atoms with van der Waals surface area (Å²) in [6.45, 7) is 2.67. The van der Waals surface area contributed by atoms with Crippen molar-refractivity contribution in [3.8, 4) is 0 Å². The van der Waals surface area contributed by atoms with Gasteiger partial charge >= 0.3 is 7.82 Å². The van der Waals surface area contributed by atoms with Crippen LogP contribution in [0, 0.1) is 0 Å². The summed E-state index contributed by atoms with van der Waals surface area (Å²) in [5, 5.41) is 0. The average molecular weight is 283 g/mol. The molecule has 6 nitrogen and oxygen atoms in total. The molecule has 0 aliphatic rings. The molecule has 18 heavy (non-hydrogen) atoms. The largest absolute Gasteiger partial charge is 0.476 e. The SMILES string of the molecule is CC(OP(=O)(O)OCCCCCCN)[N+](C)(C)C. The van der Waals surface area contributed by atoms with Gasteiger partial charge in [-0.15, -0.1) is 0 Å². The van der Waals surface area contributed by atoms with Crippen molar-refractivity contribution in [1.82, 2.24) is 0 Å². The van der Waals surface area contributed by atoms with Crippen LogP contribution in [0.2, 0.25) is 0 Å². The first-order chi connectivity index (χ1) is 8.19. The normalized spacial score (nSPS) is 17.4. The maximum atomic E-state index is 11.6.